The van der Waals surface area contributed by atoms with E-state index in [2.05, 4.69) is 18.7 Å². The van der Waals surface area contributed by atoms with E-state index < -0.39 is 6.29 Å². The number of hydrogen-bond acceptors (Lipinski definition) is 3. The average molecular weight is 263 g/mol. The van der Waals surface area contributed by atoms with Gasteiger partial charge in [-0.3, -0.25) is 4.90 Å². The first-order valence-corrected chi connectivity index (χ1v) is 7.23. The van der Waals surface area contributed by atoms with Crippen LogP contribution in [0.1, 0.15) is 44.1 Å². The van der Waals surface area contributed by atoms with Gasteiger partial charge in [0.2, 0.25) is 0 Å². The van der Waals surface area contributed by atoms with Gasteiger partial charge in [0, 0.05) is 18.7 Å². The Labute approximate surface area is 115 Å². The third-order valence-corrected chi connectivity index (χ3v) is 4.17. The van der Waals surface area contributed by atoms with Crippen LogP contribution in [0.15, 0.2) is 24.3 Å². The number of piperidine rings is 1. The summed E-state index contributed by atoms with van der Waals surface area (Å²) in [4.78, 5) is 2.51. The van der Waals surface area contributed by atoms with Gasteiger partial charge in [-0.1, -0.05) is 38.1 Å². The highest BCUT2D eigenvalue weighted by Gasteiger charge is 2.22. The van der Waals surface area contributed by atoms with Crippen LogP contribution in [-0.2, 0) is 6.54 Å². The van der Waals surface area contributed by atoms with Gasteiger partial charge in [0.15, 0.2) is 6.29 Å². The molecule has 1 heterocycles. The van der Waals surface area contributed by atoms with Crippen LogP contribution in [0.2, 0.25) is 0 Å². The fourth-order valence-electron chi connectivity index (χ4n) is 2.83. The maximum atomic E-state index is 9.08. The molecule has 106 valence electrons. The van der Waals surface area contributed by atoms with Gasteiger partial charge in [0.05, 0.1) is 0 Å². The summed E-state index contributed by atoms with van der Waals surface area (Å²) in [5.74, 6) is 1.57. The van der Waals surface area contributed by atoms with Crippen molar-refractivity contribution in [3.8, 4) is 0 Å². The molecule has 1 atom stereocenters. The normalized spacial score (nSPS) is 21.3. The molecule has 3 heteroatoms. The van der Waals surface area contributed by atoms with Gasteiger partial charge < -0.3 is 10.2 Å². The van der Waals surface area contributed by atoms with Crippen molar-refractivity contribution < 1.29 is 10.2 Å². The van der Waals surface area contributed by atoms with Crippen LogP contribution < -0.4 is 0 Å². The second kappa shape index (κ2) is 6.51. The molecule has 1 unspecified atom stereocenters. The van der Waals surface area contributed by atoms with E-state index >= 15 is 0 Å². The molecule has 1 aromatic carbocycles. The van der Waals surface area contributed by atoms with Crippen LogP contribution in [0.3, 0.4) is 0 Å². The van der Waals surface area contributed by atoms with Crippen molar-refractivity contribution in [2.24, 2.45) is 11.8 Å². The van der Waals surface area contributed by atoms with Crippen LogP contribution >= 0.6 is 0 Å². The van der Waals surface area contributed by atoms with E-state index in [0.29, 0.717) is 5.56 Å². The Morgan fingerprint density at radius 2 is 1.89 bits per heavy atom. The molecule has 0 aliphatic carbocycles. The standard InChI is InChI=1S/C16H25NO2/c1-12(2)15-4-3-9-17(11-15)10-13-5-7-14(8-6-13)16(18)19/h5-8,12,15-16,18-19H,3-4,9-11H2,1-2H3. The van der Waals surface area contributed by atoms with Crippen LogP contribution in [-0.4, -0.2) is 28.2 Å². The van der Waals surface area contributed by atoms with Crippen LogP contribution in [0, 0.1) is 11.8 Å². The monoisotopic (exact) mass is 263 g/mol. The van der Waals surface area contributed by atoms with Gasteiger partial charge >= 0.3 is 0 Å². The van der Waals surface area contributed by atoms with E-state index in [0.717, 1.165) is 18.4 Å². The number of rotatable bonds is 4. The van der Waals surface area contributed by atoms with Gasteiger partial charge in [0.1, 0.15) is 0 Å². The predicted octanol–water partition coefficient (Wildman–Crippen LogP) is 2.54. The summed E-state index contributed by atoms with van der Waals surface area (Å²) >= 11 is 0. The smallest absolute Gasteiger partial charge is 0.178 e. The van der Waals surface area contributed by atoms with E-state index in [4.69, 9.17) is 10.2 Å². The van der Waals surface area contributed by atoms with Crippen LogP contribution in [0.4, 0.5) is 0 Å². The molecule has 1 aliphatic rings. The molecule has 1 saturated heterocycles. The highest BCUT2D eigenvalue weighted by atomic mass is 16.5. The van der Waals surface area contributed by atoms with E-state index in [1.165, 1.54) is 31.5 Å². The van der Waals surface area contributed by atoms with Gasteiger partial charge in [0.25, 0.3) is 0 Å². The lowest BCUT2D eigenvalue weighted by molar-refractivity contribution is -0.0424. The van der Waals surface area contributed by atoms with Crippen LogP contribution in [0.5, 0.6) is 0 Å². The van der Waals surface area contributed by atoms with Gasteiger partial charge in [-0.25, -0.2) is 0 Å². The zero-order valence-electron chi connectivity index (χ0n) is 11.9. The van der Waals surface area contributed by atoms with E-state index in [1.807, 2.05) is 12.1 Å². The van der Waals surface area contributed by atoms with Crippen molar-refractivity contribution in [1.82, 2.24) is 4.90 Å². The summed E-state index contributed by atoms with van der Waals surface area (Å²) in [5.41, 5.74) is 1.80. The number of aliphatic hydroxyl groups is 2. The second-order valence-electron chi connectivity index (χ2n) is 6.00. The summed E-state index contributed by atoms with van der Waals surface area (Å²) < 4.78 is 0. The molecule has 2 N–H and O–H groups in total. The highest BCUT2D eigenvalue weighted by molar-refractivity contribution is 5.23. The van der Waals surface area contributed by atoms with E-state index in [-0.39, 0.29) is 0 Å². The molecular formula is C16H25NO2. The Bertz CT molecular complexity index is 386. The lowest BCUT2D eigenvalue weighted by atomic mass is 9.88. The van der Waals surface area contributed by atoms with E-state index in [9.17, 15) is 0 Å². The molecule has 0 spiro atoms. The molecule has 0 amide bonds. The van der Waals surface area contributed by atoms with Crippen molar-refractivity contribution in [3.05, 3.63) is 35.4 Å². The van der Waals surface area contributed by atoms with Crippen molar-refractivity contribution in [1.29, 1.82) is 0 Å². The first-order valence-electron chi connectivity index (χ1n) is 7.23. The maximum Gasteiger partial charge on any atom is 0.178 e. The lowest BCUT2D eigenvalue weighted by Crippen LogP contribution is -2.36. The summed E-state index contributed by atoms with van der Waals surface area (Å²) in [7, 11) is 0. The Balaban J connectivity index is 1.93. The Morgan fingerprint density at radius 1 is 1.21 bits per heavy atom. The van der Waals surface area contributed by atoms with Crippen molar-refractivity contribution >= 4 is 0 Å². The molecule has 3 nitrogen and oxygen atoms in total. The predicted molar refractivity (Wildman–Crippen MR) is 76.5 cm³/mol. The van der Waals surface area contributed by atoms with Crippen molar-refractivity contribution in [3.63, 3.8) is 0 Å². The minimum Gasteiger partial charge on any atom is -0.364 e. The fraction of sp³-hybridized carbons (Fsp3) is 0.625. The number of aliphatic hydroxyl groups excluding tert-OH is 1. The summed E-state index contributed by atoms with van der Waals surface area (Å²) in [5, 5.41) is 18.2. The third-order valence-electron chi connectivity index (χ3n) is 4.17. The van der Waals surface area contributed by atoms with Gasteiger partial charge in [-0.15, -0.1) is 0 Å². The highest BCUT2D eigenvalue weighted by Crippen LogP contribution is 2.24. The first kappa shape index (κ1) is 14.5. The summed E-state index contributed by atoms with van der Waals surface area (Å²) in [6.07, 6.45) is 1.27. The molecule has 2 rings (SSSR count). The summed E-state index contributed by atoms with van der Waals surface area (Å²) in [6, 6.07) is 7.58. The molecule has 1 aliphatic heterocycles. The molecular weight excluding hydrogens is 238 g/mol. The van der Waals surface area contributed by atoms with Crippen LogP contribution in [0.25, 0.3) is 0 Å². The number of nitrogens with zero attached hydrogens (tertiary/aromatic N) is 1. The fourth-order valence-corrected chi connectivity index (χ4v) is 2.83. The number of likely N-dealkylation sites (tertiary alicyclic amines) is 1. The number of hydrogen-bond donors (Lipinski definition) is 2. The second-order valence-corrected chi connectivity index (χ2v) is 6.00. The molecule has 0 radical (unpaired) electrons. The van der Waals surface area contributed by atoms with Crippen molar-refractivity contribution in [2.75, 3.05) is 13.1 Å². The largest absolute Gasteiger partial charge is 0.364 e. The molecule has 0 bridgehead atoms. The topological polar surface area (TPSA) is 43.7 Å². The average Bonchev–Trinajstić information content (AvgIpc) is 2.39. The zero-order chi connectivity index (χ0) is 13.8. The van der Waals surface area contributed by atoms with Gasteiger partial charge in [-0.2, -0.15) is 0 Å². The lowest BCUT2D eigenvalue weighted by Gasteiger charge is -2.34. The minimum atomic E-state index is -1.37. The Hall–Kier alpha value is -0.900. The van der Waals surface area contributed by atoms with Crippen molar-refractivity contribution in [2.45, 2.75) is 39.5 Å². The molecule has 0 saturated carbocycles. The summed E-state index contributed by atoms with van der Waals surface area (Å²) in [6.45, 7) is 7.94. The first-order chi connectivity index (χ1) is 9.06. The molecule has 1 aromatic rings. The van der Waals surface area contributed by atoms with E-state index in [1.54, 1.807) is 12.1 Å². The molecule has 0 aromatic heterocycles. The van der Waals surface area contributed by atoms with Gasteiger partial charge in [-0.05, 0) is 36.8 Å². The molecule has 1 fully saturated rings. The Kier molecular flexibility index (Phi) is 4.97. The molecule has 19 heavy (non-hydrogen) atoms. The zero-order valence-corrected chi connectivity index (χ0v) is 11.9. The number of benzene rings is 1. The third kappa shape index (κ3) is 4.03. The maximum absolute atomic E-state index is 9.08. The quantitative estimate of drug-likeness (QED) is 0.820. The SMILES string of the molecule is CC(C)C1CCCN(Cc2ccc(C(O)O)cc2)C1. The Morgan fingerprint density at radius 3 is 2.47 bits per heavy atom. The minimum absolute atomic E-state index is 0.558.